The Hall–Kier alpha value is -2.64. The molecule has 2 N–H and O–H groups in total. The van der Waals surface area contributed by atoms with Crippen LogP contribution in [0.25, 0.3) is 4.13 Å². The SMILES string of the molecule is CS(=O)(O)([N-]S(=O)(=O)CNC1CCC(c2cccc([S+](c3ccccc3)c3ccccc3)c2)CC1)C(F)(F)C(F)(F)C(F)(F)C(F)(F)F. The van der Waals surface area contributed by atoms with Gasteiger partial charge >= 0.3 is 23.3 Å². The van der Waals surface area contributed by atoms with Gasteiger partial charge in [-0.2, -0.15) is 49.0 Å². The zero-order valence-corrected chi connectivity index (χ0v) is 27.5. The molecule has 1 aliphatic carbocycles. The molecule has 0 amide bonds. The summed E-state index contributed by atoms with van der Waals surface area (Å²) in [6, 6.07) is 27.2. The lowest BCUT2D eigenvalue weighted by molar-refractivity contribution is -0.383. The topological polar surface area (TPSA) is 97.6 Å². The number of benzene rings is 3. The second kappa shape index (κ2) is 13.2. The smallest absolute Gasteiger partial charge is 0.435 e. The Bertz CT molecular complexity index is 1710. The van der Waals surface area contributed by atoms with E-state index in [9.17, 15) is 56.7 Å². The first-order valence-corrected chi connectivity index (χ1v) is 19.3. The van der Waals surface area contributed by atoms with E-state index in [1.165, 1.54) is 0 Å². The summed E-state index contributed by atoms with van der Waals surface area (Å²) in [6.07, 6.45) is -6.40. The molecule has 3 aromatic carbocycles. The van der Waals surface area contributed by atoms with Crippen LogP contribution in [0.1, 0.15) is 37.2 Å². The summed E-state index contributed by atoms with van der Waals surface area (Å²) < 4.78 is 169. The third kappa shape index (κ3) is 7.57. The molecule has 0 saturated heterocycles. The molecule has 266 valence electrons. The van der Waals surface area contributed by atoms with Gasteiger partial charge in [0.2, 0.25) is 0 Å². The summed E-state index contributed by atoms with van der Waals surface area (Å²) in [6.45, 7) is 0. The van der Waals surface area contributed by atoms with Crippen LogP contribution in [0.4, 0.5) is 39.5 Å². The van der Waals surface area contributed by atoms with Crippen LogP contribution < -0.4 is 5.32 Å². The Kier molecular flexibility index (Phi) is 10.5. The first-order valence-electron chi connectivity index (χ1n) is 14.2. The average molecular weight is 751 g/mol. The quantitative estimate of drug-likeness (QED) is 0.143. The summed E-state index contributed by atoms with van der Waals surface area (Å²) >= 11 is 0. The van der Waals surface area contributed by atoms with Crippen LogP contribution in [0.5, 0.6) is 0 Å². The zero-order chi connectivity index (χ0) is 35.8. The first kappa shape index (κ1) is 38.2. The molecule has 0 unspecified atom stereocenters. The molecule has 0 radical (unpaired) electrons. The van der Waals surface area contributed by atoms with Gasteiger partial charge < -0.3 is 14.0 Å². The normalized spacial score (nSPS) is 19.5. The fraction of sp³-hybridized carbons (Fsp3) is 0.400. The van der Waals surface area contributed by atoms with Gasteiger partial charge in [0, 0.05) is 12.3 Å². The van der Waals surface area contributed by atoms with Gasteiger partial charge in [-0.25, -0.2) is 12.6 Å². The van der Waals surface area contributed by atoms with E-state index in [4.69, 9.17) is 0 Å². The van der Waals surface area contributed by atoms with E-state index < -0.39 is 71.9 Å². The third-order valence-corrected chi connectivity index (χ3v) is 14.3. The van der Waals surface area contributed by atoms with E-state index in [-0.39, 0.29) is 5.92 Å². The van der Waals surface area contributed by atoms with Crippen LogP contribution in [0.2, 0.25) is 0 Å². The zero-order valence-electron chi connectivity index (χ0n) is 25.0. The molecular formula is C30H31F9N2O4S3. The van der Waals surface area contributed by atoms with Crippen molar-refractivity contribution in [3.05, 3.63) is 94.6 Å². The second-order valence-corrected chi connectivity index (χ2v) is 18.5. The molecule has 0 spiro atoms. The van der Waals surface area contributed by atoms with Crippen LogP contribution in [0.15, 0.2) is 99.6 Å². The first-order chi connectivity index (χ1) is 22.0. The minimum atomic E-state index is -8.10. The Morgan fingerprint density at radius 1 is 0.771 bits per heavy atom. The maximum atomic E-state index is 14.4. The van der Waals surface area contributed by atoms with Crippen molar-refractivity contribution in [3.63, 3.8) is 0 Å². The van der Waals surface area contributed by atoms with Crippen LogP contribution >= 0.6 is 0 Å². The van der Waals surface area contributed by atoms with E-state index in [1.54, 1.807) is 0 Å². The highest BCUT2D eigenvalue weighted by molar-refractivity contribution is 8.26. The summed E-state index contributed by atoms with van der Waals surface area (Å²) in [5.74, 6) is -16.5. The lowest BCUT2D eigenvalue weighted by Crippen LogP contribution is -2.68. The largest absolute Gasteiger partial charge is 0.460 e. The summed E-state index contributed by atoms with van der Waals surface area (Å²) in [7, 11) is -14.1. The second-order valence-electron chi connectivity index (χ2n) is 11.5. The molecular weight excluding hydrogens is 720 g/mol. The molecule has 1 fully saturated rings. The number of nitrogens with zero attached hydrogens (tertiary/aromatic N) is 1. The Morgan fingerprint density at radius 2 is 1.25 bits per heavy atom. The molecule has 0 bridgehead atoms. The monoisotopic (exact) mass is 750 g/mol. The van der Waals surface area contributed by atoms with Gasteiger partial charge in [-0.05, 0) is 73.6 Å². The lowest BCUT2D eigenvalue weighted by Gasteiger charge is -2.56. The van der Waals surface area contributed by atoms with Gasteiger partial charge in [-0.15, -0.1) is 0 Å². The molecule has 18 heteroatoms. The summed E-state index contributed by atoms with van der Waals surface area (Å²) in [4.78, 5) is 3.28. The molecule has 6 nitrogen and oxygen atoms in total. The maximum absolute atomic E-state index is 14.4. The van der Waals surface area contributed by atoms with E-state index in [2.05, 4.69) is 11.4 Å². The van der Waals surface area contributed by atoms with E-state index >= 15 is 0 Å². The van der Waals surface area contributed by atoms with Gasteiger partial charge in [-0.3, -0.25) is 0 Å². The minimum Gasteiger partial charge on any atom is -0.435 e. The van der Waals surface area contributed by atoms with Crippen molar-refractivity contribution in [3.8, 4) is 0 Å². The van der Waals surface area contributed by atoms with Crippen molar-refractivity contribution >= 4 is 30.5 Å². The fourth-order valence-corrected chi connectivity index (χ4v) is 11.3. The van der Waals surface area contributed by atoms with E-state index in [1.807, 2.05) is 83.0 Å². The fourth-order valence-electron chi connectivity index (χ4n) is 5.27. The number of sulfonamides is 1. The molecule has 3 aromatic rings. The maximum Gasteiger partial charge on any atom is 0.460 e. The Labute approximate surface area is 274 Å². The van der Waals surface area contributed by atoms with E-state index in [0.717, 1.165) is 20.2 Å². The number of nitrogens with one attached hydrogen (secondary N) is 1. The van der Waals surface area contributed by atoms with Crippen molar-refractivity contribution in [1.82, 2.24) is 5.32 Å². The van der Waals surface area contributed by atoms with Crippen LogP contribution in [-0.2, 0) is 30.5 Å². The van der Waals surface area contributed by atoms with Crippen molar-refractivity contribution in [2.45, 2.75) is 75.6 Å². The number of halogens is 9. The number of hydrogen-bond acceptors (Lipinski definition) is 4. The average Bonchev–Trinajstić information content (AvgIpc) is 3.00. The summed E-state index contributed by atoms with van der Waals surface area (Å²) in [5, 5.41) is -4.73. The number of hydrogen-bond donors (Lipinski definition) is 2. The predicted octanol–water partition coefficient (Wildman–Crippen LogP) is 8.32. The third-order valence-electron chi connectivity index (χ3n) is 7.80. The molecule has 0 heterocycles. The van der Waals surface area contributed by atoms with Crippen molar-refractivity contribution in [2.24, 2.45) is 0 Å². The molecule has 0 aliphatic heterocycles. The molecule has 1 saturated carbocycles. The predicted molar refractivity (Wildman–Crippen MR) is 164 cm³/mol. The van der Waals surface area contributed by atoms with Crippen molar-refractivity contribution < 1.29 is 56.7 Å². The molecule has 0 aromatic heterocycles. The van der Waals surface area contributed by atoms with Crippen LogP contribution in [-0.4, -0.2) is 58.6 Å². The van der Waals surface area contributed by atoms with E-state index in [0.29, 0.717) is 25.7 Å². The highest BCUT2D eigenvalue weighted by Gasteiger charge is 2.85. The number of alkyl halides is 9. The summed E-state index contributed by atoms with van der Waals surface area (Å²) in [5.41, 5.74) is 1.02. The molecule has 4 rings (SSSR count). The van der Waals surface area contributed by atoms with Crippen LogP contribution in [0, 0.1) is 0 Å². The van der Waals surface area contributed by atoms with Gasteiger partial charge in [0.05, 0.1) is 26.8 Å². The Morgan fingerprint density at radius 3 is 1.73 bits per heavy atom. The molecule has 0 atom stereocenters. The van der Waals surface area contributed by atoms with Crippen LogP contribution in [0.3, 0.4) is 0 Å². The highest BCUT2D eigenvalue weighted by Crippen LogP contribution is 2.60. The standard InChI is InChI=1S/C30H31F9N2O4S3/c1-48(44,45,30(38,39)28(33,34)27(31,32)29(35,36)37)41-47(42,43)20-40-23-17-15-21(16-18-23)22-9-8-14-26(19-22)46(24-10-4-2-5-11-24)25-12-6-3-7-13-25/h2-14,19,21,23,40H,15-18,20H2,1H3,(H-,41,44,45). The van der Waals surface area contributed by atoms with Gasteiger partial charge in [-0.1, -0.05) is 48.5 Å². The lowest BCUT2D eigenvalue weighted by atomic mass is 9.82. The molecule has 1 aliphatic rings. The highest BCUT2D eigenvalue weighted by atomic mass is 32.3. The van der Waals surface area contributed by atoms with Gasteiger partial charge in [0.1, 0.15) is 0 Å². The van der Waals surface area contributed by atoms with Gasteiger partial charge in [0.15, 0.2) is 14.7 Å². The van der Waals surface area contributed by atoms with Gasteiger partial charge in [0.25, 0.3) is 0 Å². The molecule has 48 heavy (non-hydrogen) atoms. The van der Waals surface area contributed by atoms with Crippen molar-refractivity contribution in [1.29, 1.82) is 0 Å². The minimum absolute atomic E-state index is 0.0361. The number of rotatable bonds is 12. The van der Waals surface area contributed by atoms with Crippen molar-refractivity contribution in [2.75, 3.05) is 12.1 Å². The Balaban J connectivity index is 1.43.